The van der Waals surface area contributed by atoms with E-state index in [1.165, 1.54) is 37.3 Å². The van der Waals surface area contributed by atoms with Crippen molar-refractivity contribution in [1.82, 2.24) is 0 Å². The largest absolute Gasteiger partial charge is 0.355 e. The molecule has 0 atom stereocenters. The smallest absolute Gasteiger partial charge is 0.159 e. The molecule has 5 heteroatoms. The predicted octanol–water partition coefficient (Wildman–Crippen LogP) is 4.56. The maximum atomic E-state index is 13.4. The van der Waals surface area contributed by atoms with Gasteiger partial charge in [0, 0.05) is 16.9 Å². The number of halogens is 3. The molecular formula is C14H10ClF2NO. The highest BCUT2D eigenvalue weighted by atomic mass is 35.5. The van der Waals surface area contributed by atoms with Gasteiger partial charge < -0.3 is 5.32 Å². The summed E-state index contributed by atoms with van der Waals surface area (Å²) in [4.78, 5) is 11.2. The first kappa shape index (κ1) is 13.5. The van der Waals surface area contributed by atoms with Gasteiger partial charge >= 0.3 is 0 Å². The van der Waals surface area contributed by atoms with Gasteiger partial charge in [-0.05, 0) is 43.3 Å². The summed E-state index contributed by atoms with van der Waals surface area (Å²) in [6.07, 6.45) is 0. The van der Waals surface area contributed by atoms with Crippen LogP contribution in [0.25, 0.3) is 0 Å². The lowest BCUT2D eigenvalue weighted by Crippen LogP contribution is -1.97. The van der Waals surface area contributed by atoms with Gasteiger partial charge in [-0.2, -0.15) is 0 Å². The summed E-state index contributed by atoms with van der Waals surface area (Å²) in [5.41, 5.74) is 1.16. The summed E-state index contributed by atoms with van der Waals surface area (Å²) < 4.78 is 26.4. The fourth-order valence-electron chi connectivity index (χ4n) is 1.61. The summed E-state index contributed by atoms with van der Waals surface area (Å²) in [6, 6.07) is 7.97. The van der Waals surface area contributed by atoms with Gasteiger partial charge in [0.05, 0.1) is 5.02 Å². The van der Waals surface area contributed by atoms with Crippen molar-refractivity contribution in [3.63, 3.8) is 0 Å². The first-order chi connectivity index (χ1) is 8.95. The Balaban J connectivity index is 2.32. The van der Waals surface area contributed by atoms with E-state index < -0.39 is 11.6 Å². The van der Waals surface area contributed by atoms with E-state index in [9.17, 15) is 13.6 Å². The number of ketones is 1. The van der Waals surface area contributed by atoms with Crippen LogP contribution >= 0.6 is 11.6 Å². The normalized spacial score (nSPS) is 10.3. The first-order valence-corrected chi connectivity index (χ1v) is 5.87. The van der Waals surface area contributed by atoms with Crippen LogP contribution in [0.15, 0.2) is 36.4 Å². The summed E-state index contributed by atoms with van der Waals surface area (Å²) in [5, 5.41) is 2.83. The van der Waals surface area contributed by atoms with E-state index in [0.717, 1.165) is 6.07 Å². The average Bonchev–Trinajstić information content (AvgIpc) is 2.33. The third kappa shape index (κ3) is 3.29. The van der Waals surface area contributed by atoms with Crippen molar-refractivity contribution >= 4 is 28.8 Å². The summed E-state index contributed by atoms with van der Waals surface area (Å²) in [5.74, 6) is -1.29. The second-order valence-corrected chi connectivity index (χ2v) is 4.45. The zero-order chi connectivity index (χ0) is 14.0. The zero-order valence-electron chi connectivity index (χ0n) is 10.0. The molecule has 0 bridgehead atoms. The lowest BCUT2D eigenvalue weighted by molar-refractivity contribution is 0.101. The minimum Gasteiger partial charge on any atom is -0.355 e. The van der Waals surface area contributed by atoms with Crippen LogP contribution in [-0.4, -0.2) is 5.78 Å². The Kier molecular flexibility index (Phi) is 3.81. The Labute approximate surface area is 114 Å². The van der Waals surface area contributed by atoms with E-state index in [1.54, 1.807) is 0 Å². The molecule has 0 saturated carbocycles. The number of nitrogens with one attached hydrogen (secondary N) is 1. The molecule has 0 aliphatic carbocycles. The molecule has 0 aromatic heterocycles. The van der Waals surface area contributed by atoms with Gasteiger partial charge in [-0.15, -0.1) is 0 Å². The van der Waals surface area contributed by atoms with Crippen LogP contribution in [0.5, 0.6) is 0 Å². The summed E-state index contributed by atoms with van der Waals surface area (Å²) in [7, 11) is 0. The van der Waals surface area contributed by atoms with Gasteiger partial charge in [-0.25, -0.2) is 8.78 Å². The minimum atomic E-state index is -0.532. The molecule has 0 fully saturated rings. The second-order valence-electron chi connectivity index (χ2n) is 4.04. The number of carbonyl (C=O) groups excluding carboxylic acids is 1. The molecule has 0 radical (unpaired) electrons. The Morgan fingerprint density at radius 1 is 1.11 bits per heavy atom. The molecule has 0 unspecified atom stereocenters. The monoisotopic (exact) mass is 281 g/mol. The van der Waals surface area contributed by atoms with Crippen LogP contribution in [-0.2, 0) is 0 Å². The van der Waals surface area contributed by atoms with Gasteiger partial charge in [0.1, 0.15) is 11.6 Å². The molecule has 2 aromatic carbocycles. The summed E-state index contributed by atoms with van der Waals surface area (Å²) >= 11 is 5.65. The standard InChI is InChI=1S/C14H10ClF2NO/c1-8(19)9-4-10(16)6-12(5-9)18-11-2-3-14(17)13(15)7-11/h2-7,18H,1H3. The van der Waals surface area contributed by atoms with Crippen molar-refractivity contribution < 1.29 is 13.6 Å². The highest BCUT2D eigenvalue weighted by molar-refractivity contribution is 6.31. The van der Waals surface area contributed by atoms with Crippen molar-refractivity contribution in [3.05, 3.63) is 58.6 Å². The predicted molar refractivity (Wildman–Crippen MR) is 71.1 cm³/mol. The molecule has 0 aliphatic heterocycles. The topological polar surface area (TPSA) is 29.1 Å². The Morgan fingerprint density at radius 2 is 1.84 bits per heavy atom. The van der Waals surface area contributed by atoms with E-state index in [-0.39, 0.29) is 16.4 Å². The number of benzene rings is 2. The van der Waals surface area contributed by atoms with Crippen LogP contribution in [0.2, 0.25) is 5.02 Å². The quantitative estimate of drug-likeness (QED) is 0.835. The van der Waals surface area contributed by atoms with Gasteiger partial charge in [-0.3, -0.25) is 4.79 Å². The van der Waals surface area contributed by atoms with Gasteiger partial charge in [-0.1, -0.05) is 11.6 Å². The van der Waals surface area contributed by atoms with Crippen LogP contribution in [0.3, 0.4) is 0 Å². The highest BCUT2D eigenvalue weighted by Gasteiger charge is 2.06. The number of hydrogen-bond acceptors (Lipinski definition) is 2. The lowest BCUT2D eigenvalue weighted by atomic mass is 10.1. The first-order valence-electron chi connectivity index (χ1n) is 5.49. The molecule has 0 saturated heterocycles. The molecular weight excluding hydrogens is 272 g/mol. The van der Waals surface area contributed by atoms with Crippen molar-refractivity contribution in [2.45, 2.75) is 6.92 Å². The van der Waals surface area contributed by atoms with E-state index in [1.807, 2.05) is 0 Å². The Bertz CT molecular complexity index is 643. The van der Waals surface area contributed by atoms with E-state index in [2.05, 4.69) is 5.32 Å². The fourth-order valence-corrected chi connectivity index (χ4v) is 1.79. The van der Waals surface area contributed by atoms with Crippen LogP contribution in [0, 0.1) is 11.6 Å². The van der Waals surface area contributed by atoms with Gasteiger partial charge in [0.15, 0.2) is 5.78 Å². The zero-order valence-corrected chi connectivity index (χ0v) is 10.8. The molecule has 0 spiro atoms. The molecule has 2 aromatic rings. The van der Waals surface area contributed by atoms with Crippen molar-refractivity contribution in [2.24, 2.45) is 0 Å². The van der Waals surface area contributed by atoms with Crippen molar-refractivity contribution in [1.29, 1.82) is 0 Å². The number of carbonyl (C=O) groups is 1. The maximum Gasteiger partial charge on any atom is 0.159 e. The van der Waals surface area contributed by atoms with Crippen molar-refractivity contribution in [3.8, 4) is 0 Å². The van der Waals surface area contributed by atoms with E-state index in [0.29, 0.717) is 11.4 Å². The number of hydrogen-bond donors (Lipinski definition) is 1. The Hall–Kier alpha value is -1.94. The van der Waals surface area contributed by atoms with Crippen LogP contribution in [0.1, 0.15) is 17.3 Å². The molecule has 0 heterocycles. The van der Waals surface area contributed by atoms with E-state index >= 15 is 0 Å². The summed E-state index contributed by atoms with van der Waals surface area (Å²) in [6.45, 7) is 1.35. The van der Waals surface area contributed by atoms with Crippen LogP contribution < -0.4 is 5.32 Å². The minimum absolute atomic E-state index is 0.0341. The van der Waals surface area contributed by atoms with Crippen LogP contribution in [0.4, 0.5) is 20.2 Å². The third-order valence-corrected chi connectivity index (χ3v) is 2.80. The fraction of sp³-hybridized carbons (Fsp3) is 0.0714. The SMILES string of the molecule is CC(=O)c1cc(F)cc(Nc2ccc(F)c(Cl)c2)c1. The molecule has 19 heavy (non-hydrogen) atoms. The highest BCUT2D eigenvalue weighted by Crippen LogP contribution is 2.24. The number of rotatable bonds is 3. The molecule has 98 valence electrons. The molecule has 0 amide bonds. The lowest BCUT2D eigenvalue weighted by Gasteiger charge is -2.08. The molecule has 2 rings (SSSR count). The molecule has 2 nitrogen and oxygen atoms in total. The maximum absolute atomic E-state index is 13.4. The molecule has 0 aliphatic rings. The average molecular weight is 282 g/mol. The van der Waals surface area contributed by atoms with Gasteiger partial charge in [0.25, 0.3) is 0 Å². The number of anilines is 2. The molecule has 1 N–H and O–H groups in total. The second kappa shape index (κ2) is 5.36. The van der Waals surface area contributed by atoms with E-state index in [4.69, 9.17) is 11.6 Å². The third-order valence-electron chi connectivity index (χ3n) is 2.51. The van der Waals surface area contributed by atoms with Crippen molar-refractivity contribution in [2.75, 3.05) is 5.32 Å². The number of Topliss-reactive ketones (excluding diaryl/α,β-unsaturated/α-hetero) is 1. The Morgan fingerprint density at radius 3 is 2.47 bits per heavy atom. The van der Waals surface area contributed by atoms with Gasteiger partial charge in [0.2, 0.25) is 0 Å².